The number of hydrogen-bond donors (Lipinski definition) is 2. The van der Waals surface area contributed by atoms with Crippen molar-refractivity contribution in [3.05, 3.63) is 23.9 Å². The van der Waals surface area contributed by atoms with E-state index in [0.717, 1.165) is 30.8 Å². The summed E-state index contributed by atoms with van der Waals surface area (Å²) in [7, 11) is 0. The molecule has 1 aromatic heterocycles. The van der Waals surface area contributed by atoms with Crippen molar-refractivity contribution < 1.29 is 10.2 Å². The van der Waals surface area contributed by atoms with Gasteiger partial charge in [-0.15, -0.1) is 0 Å². The molecule has 2 rings (SSSR count). The fraction of sp³-hybridized carbons (Fsp3) is 0.615. The predicted molar refractivity (Wildman–Crippen MR) is 66.9 cm³/mol. The first-order chi connectivity index (χ1) is 7.99. The molecule has 1 aliphatic rings. The maximum atomic E-state index is 10.1. The van der Waals surface area contributed by atoms with Crippen molar-refractivity contribution in [2.24, 2.45) is 0 Å². The first-order valence-corrected chi connectivity index (χ1v) is 6.10. The average Bonchev–Trinajstić information content (AvgIpc) is 2.27. The molecule has 1 saturated heterocycles. The lowest BCUT2D eigenvalue weighted by atomic mass is 9.94. The maximum absolute atomic E-state index is 10.1. The molecule has 4 heteroatoms. The van der Waals surface area contributed by atoms with Gasteiger partial charge < -0.3 is 15.1 Å². The number of β-amino-alcohol motifs (C(OH)–C–C–N with tert-alkyl or cyclic N) is 1. The fourth-order valence-electron chi connectivity index (χ4n) is 2.40. The molecule has 1 aliphatic heterocycles. The molecule has 17 heavy (non-hydrogen) atoms. The third-order valence-electron chi connectivity index (χ3n) is 3.24. The number of piperidine rings is 1. The summed E-state index contributed by atoms with van der Waals surface area (Å²) >= 11 is 0. The summed E-state index contributed by atoms with van der Waals surface area (Å²) < 4.78 is 0. The highest BCUT2D eigenvalue weighted by atomic mass is 16.3. The lowest BCUT2D eigenvalue weighted by molar-refractivity contribution is 0.0445. The Morgan fingerprint density at radius 2 is 2.29 bits per heavy atom. The second-order valence-electron chi connectivity index (χ2n) is 5.11. The summed E-state index contributed by atoms with van der Waals surface area (Å²) in [6.45, 7) is 5.05. The highest BCUT2D eigenvalue weighted by molar-refractivity contribution is 5.48. The Bertz CT molecular complexity index is 391. The number of pyridine rings is 1. The number of aliphatic hydroxyl groups excluding tert-OH is 1. The first kappa shape index (κ1) is 12.3. The molecular weight excluding hydrogens is 216 g/mol. The van der Waals surface area contributed by atoms with Crippen molar-refractivity contribution in [3.8, 4) is 0 Å². The van der Waals surface area contributed by atoms with Crippen molar-refractivity contribution in [2.75, 3.05) is 18.0 Å². The molecule has 0 radical (unpaired) electrons. The van der Waals surface area contributed by atoms with E-state index < -0.39 is 11.7 Å². The van der Waals surface area contributed by atoms with Crippen molar-refractivity contribution in [1.29, 1.82) is 0 Å². The molecule has 4 nitrogen and oxygen atoms in total. The van der Waals surface area contributed by atoms with E-state index in [1.807, 2.05) is 19.1 Å². The molecule has 2 heterocycles. The minimum Gasteiger partial charge on any atom is -0.389 e. The number of nitrogens with zero attached hydrogens (tertiary/aromatic N) is 2. The lowest BCUT2D eigenvalue weighted by Gasteiger charge is -2.38. The van der Waals surface area contributed by atoms with Gasteiger partial charge in [-0.1, -0.05) is 6.07 Å². The topological polar surface area (TPSA) is 56.6 Å². The van der Waals surface area contributed by atoms with Crippen LogP contribution in [0, 0.1) is 0 Å². The van der Waals surface area contributed by atoms with Crippen LogP contribution in [0.2, 0.25) is 0 Å². The highest BCUT2D eigenvalue weighted by Crippen LogP contribution is 2.29. The molecular formula is C13H20N2O2. The van der Waals surface area contributed by atoms with Crippen LogP contribution in [0.25, 0.3) is 0 Å². The Labute approximate surface area is 102 Å². The van der Waals surface area contributed by atoms with E-state index in [1.54, 1.807) is 13.1 Å². The van der Waals surface area contributed by atoms with Crippen molar-refractivity contribution in [1.82, 2.24) is 4.98 Å². The summed E-state index contributed by atoms with van der Waals surface area (Å²) in [5, 5.41) is 19.8. The van der Waals surface area contributed by atoms with Gasteiger partial charge >= 0.3 is 0 Å². The molecule has 0 amide bonds. The molecule has 0 saturated carbocycles. The molecule has 1 aromatic rings. The Morgan fingerprint density at radius 1 is 1.53 bits per heavy atom. The van der Waals surface area contributed by atoms with Gasteiger partial charge in [-0.05, 0) is 32.8 Å². The van der Waals surface area contributed by atoms with Crippen LogP contribution in [0.15, 0.2) is 18.3 Å². The first-order valence-electron chi connectivity index (χ1n) is 6.10. The molecule has 1 unspecified atom stereocenters. The summed E-state index contributed by atoms with van der Waals surface area (Å²) in [5.74, 6) is 0.794. The van der Waals surface area contributed by atoms with Gasteiger partial charge in [0.05, 0.1) is 11.7 Å². The van der Waals surface area contributed by atoms with E-state index >= 15 is 0 Å². The molecule has 0 spiro atoms. The van der Waals surface area contributed by atoms with Crippen molar-refractivity contribution in [2.45, 2.75) is 38.4 Å². The van der Waals surface area contributed by atoms with E-state index in [0.29, 0.717) is 6.54 Å². The monoisotopic (exact) mass is 236 g/mol. The Hall–Kier alpha value is -1.13. The van der Waals surface area contributed by atoms with Gasteiger partial charge in [0, 0.05) is 24.8 Å². The third-order valence-corrected chi connectivity index (χ3v) is 3.24. The van der Waals surface area contributed by atoms with Crippen LogP contribution in [0.4, 0.5) is 5.82 Å². The van der Waals surface area contributed by atoms with E-state index in [1.165, 1.54) is 0 Å². The number of anilines is 1. The summed E-state index contributed by atoms with van der Waals surface area (Å²) in [5.41, 5.74) is 0.163. The second kappa shape index (κ2) is 4.63. The van der Waals surface area contributed by atoms with Gasteiger partial charge in [0.2, 0.25) is 0 Å². The lowest BCUT2D eigenvalue weighted by Crippen LogP contribution is -2.46. The number of rotatable bonds is 2. The van der Waals surface area contributed by atoms with Crippen LogP contribution < -0.4 is 4.90 Å². The molecule has 1 fully saturated rings. The van der Waals surface area contributed by atoms with Crippen LogP contribution in [0.5, 0.6) is 0 Å². The van der Waals surface area contributed by atoms with E-state index in [-0.39, 0.29) is 0 Å². The number of aromatic nitrogens is 1. The molecule has 0 aliphatic carbocycles. The Kier molecular flexibility index (Phi) is 3.35. The van der Waals surface area contributed by atoms with Gasteiger partial charge in [0.1, 0.15) is 5.82 Å². The van der Waals surface area contributed by atoms with Gasteiger partial charge in [-0.25, -0.2) is 4.98 Å². The summed E-state index contributed by atoms with van der Waals surface area (Å²) in [4.78, 5) is 6.41. The largest absolute Gasteiger partial charge is 0.389 e. The minimum absolute atomic E-state index is 0.537. The molecule has 2 N–H and O–H groups in total. The predicted octanol–water partition coefficient (Wildman–Crippen LogP) is 1.49. The number of hydrogen-bond acceptors (Lipinski definition) is 4. The summed E-state index contributed by atoms with van der Waals surface area (Å²) in [6, 6.07) is 3.71. The zero-order valence-electron chi connectivity index (χ0n) is 10.4. The van der Waals surface area contributed by atoms with Gasteiger partial charge in [0.25, 0.3) is 0 Å². The van der Waals surface area contributed by atoms with Crippen LogP contribution in [-0.2, 0) is 0 Å². The van der Waals surface area contributed by atoms with Crippen molar-refractivity contribution >= 4 is 5.82 Å². The Morgan fingerprint density at radius 3 is 2.94 bits per heavy atom. The quantitative estimate of drug-likeness (QED) is 0.816. The van der Waals surface area contributed by atoms with Crippen LogP contribution in [-0.4, -0.2) is 33.9 Å². The van der Waals surface area contributed by atoms with E-state index in [2.05, 4.69) is 9.88 Å². The van der Waals surface area contributed by atoms with Crippen LogP contribution in [0.1, 0.15) is 38.4 Å². The van der Waals surface area contributed by atoms with Gasteiger partial charge in [-0.3, -0.25) is 0 Å². The average molecular weight is 236 g/mol. The molecule has 0 bridgehead atoms. The van der Waals surface area contributed by atoms with Gasteiger partial charge in [0.15, 0.2) is 0 Å². The van der Waals surface area contributed by atoms with E-state index in [4.69, 9.17) is 0 Å². The normalized spacial score (nSPS) is 26.9. The highest BCUT2D eigenvalue weighted by Gasteiger charge is 2.30. The third kappa shape index (κ3) is 2.76. The number of aliphatic hydroxyl groups is 2. The minimum atomic E-state index is -0.661. The zero-order valence-corrected chi connectivity index (χ0v) is 10.4. The zero-order chi connectivity index (χ0) is 12.5. The molecule has 0 aromatic carbocycles. The van der Waals surface area contributed by atoms with Crippen molar-refractivity contribution in [3.63, 3.8) is 0 Å². The van der Waals surface area contributed by atoms with E-state index in [9.17, 15) is 10.2 Å². The van der Waals surface area contributed by atoms with Crippen LogP contribution >= 0.6 is 0 Å². The second-order valence-corrected chi connectivity index (χ2v) is 5.11. The fourth-order valence-corrected chi connectivity index (χ4v) is 2.40. The molecule has 2 atom stereocenters. The smallest absolute Gasteiger partial charge is 0.134 e. The standard InChI is InChI=1S/C13H20N2O2/c1-10(16)11-5-3-7-14-12(11)15-8-4-6-13(2,17)9-15/h3,5,7,10,16-17H,4,6,8-9H2,1-2H3/t10-,13?/m0/s1. The van der Waals surface area contributed by atoms with Gasteiger partial charge in [-0.2, -0.15) is 0 Å². The Balaban J connectivity index is 2.27. The summed E-state index contributed by atoms with van der Waals surface area (Å²) in [6.07, 6.45) is 2.96. The SMILES string of the molecule is C[C@H](O)c1cccnc1N1CCCC(C)(O)C1. The molecule has 94 valence electrons. The maximum Gasteiger partial charge on any atom is 0.134 e. The van der Waals surface area contributed by atoms with Crippen LogP contribution in [0.3, 0.4) is 0 Å².